The van der Waals surface area contributed by atoms with Crippen molar-refractivity contribution in [2.24, 2.45) is 5.92 Å². The van der Waals surface area contributed by atoms with Crippen LogP contribution in [0.25, 0.3) is 0 Å². The van der Waals surface area contributed by atoms with Gasteiger partial charge in [-0.1, -0.05) is 19.1 Å². The van der Waals surface area contributed by atoms with E-state index in [0.29, 0.717) is 5.75 Å². The maximum atomic E-state index is 10.2. The third kappa shape index (κ3) is 2.52. The van der Waals surface area contributed by atoms with E-state index in [2.05, 4.69) is 11.8 Å². The van der Waals surface area contributed by atoms with Gasteiger partial charge in [-0.15, -0.1) is 0 Å². The summed E-state index contributed by atoms with van der Waals surface area (Å²) in [6.45, 7) is 6.34. The van der Waals surface area contributed by atoms with Crippen LogP contribution in [0.5, 0.6) is 5.75 Å². The molecular weight excluding hydrogens is 226 g/mol. The third-order valence-electron chi connectivity index (χ3n) is 3.96. The highest BCUT2D eigenvalue weighted by Gasteiger charge is 2.30. The summed E-state index contributed by atoms with van der Waals surface area (Å²) in [5.74, 6) is 0.488. The Bertz CT molecular complexity index is 379. The molecule has 1 heterocycles. The van der Waals surface area contributed by atoms with Crippen LogP contribution in [0.2, 0.25) is 0 Å². The van der Waals surface area contributed by atoms with Crippen molar-refractivity contribution in [1.82, 2.24) is 4.90 Å². The highest BCUT2D eigenvalue weighted by Crippen LogP contribution is 2.38. The number of aromatic hydroxyl groups is 1. The lowest BCUT2D eigenvalue weighted by Gasteiger charge is -2.33. The summed E-state index contributed by atoms with van der Waals surface area (Å²) in [5, 5.41) is 19.7. The van der Waals surface area contributed by atoms with E-state index >= 15 is 0 Å². The van der Waals surface area contributed by atoms with Crippen LogP contribution in [0.15, 0.2) is 18.2 Å². The number of hydrogen-bond donors (Lipinski definition) is 2. The van der Waals surface area contributed by atoms with Crippen LogP contribution in [0, 0.1) is 12.8 Å². The van der Waals surface area contributed by atoms with E-state index in [9.17, 15) is 10.2 Å². The first-order valence-corrected chi connectivity index (χ1v) is 6.78. The lowest BCUT2D eigenvalue weighted by Crippen LogP contribution is -2.32. The summed E-state index contributed by atoms with van der Waals surface area (Å²) in [4.78, 5) is 2.39. The van der Waals surface area contributed by atoms with E-state index in [1.807, 2.05) is 19.1 Å². The van der Waals surface area contributed by atoms with Gasteiger partial charge in [-0.05, 0) is 50.4 Å². The fourth-order valence-corrected chi connectivity index (χ4v) is 3.00. The highest BCUT2D eigenvalue weighted by molar-refractivity contribution is 5.41. The minimum Gasteiger partial charge on any atom is -0.508 e. The molecule has 0 aromatic heterocycles. The van der Waals surface area contributed by atoms with Crippen molar-refractivity contribution < 1.29 is 10.2 Å². The van der Waals surface area contributed by atoms with Gasteiger partial charge in [-0.25, -0.2) is 0 Å². The predicted octanol–water partition coefficient (Wildman–Crippen LogP) is 2.47. The largest absolute Gasteiger partial charge is 0.508 e. The van der Waals surface area contributed by atoms with Gasteiger partial charge in [0.25, 0.3) is 0 Å². The predicted molar refractivity (Wildman–Crippen MR) is 72.6 cm³/mol. The van der Waals surface area contributed by atoms with Crippen molar-refractivity contribution in [3.8, 4) is 5.75 Å². The third-order valence-corrected chi connectivity index (χ3v) is 3.96. The van der Waals surface area contributed by atoms with Gasteiger partial charge in [0.1, 0.15) is 5.75 Å². The Morgan fingerprint density at radius 2 is 1.94 bits per heavy atom. The number of benzene rings is 1. The number of rotatable bonds is 4. The molecule has 2 atom stereocenters. The van der Waals surface area contributed by atoms with Crippen LogP contribution in [-0.2, 0) is 0 Å². The van der Waals surface area contributed by atoms with Crippen LogP contribution in [0.1, 0.15) is 36.9 Å². The Labute approximate surface area is 109 Å². The van der Waals surface area contributed by atoms with Gasteiger partial charge in [0.05, 0.1) is 0 Å². The average Bonchev–Trinajstić information content (AvgIpc) is 2.86. The zero-order valence-corrected chi connectivity index (χ0v) is 11.3. The van der Waals surface area contributed by atoms with E-state index in [1.54, 1.807) is 6.07 Å². The van der Waals surface area contributed by atoms with Crippen molar-refractivity contribution in [2.45, 2.75) is 32.7 Å². The number of aryl methyl sites for hydroxylation is 1. The first-order chi connectivity index (χ1) is 8.65. The first-order valence-electron chi connectivity index (χ1n) is 6.78. The minimum absolute atomic E-state index is 0.124. The summed E-state index contributed by atoms with van der Waals surface area (Å²) in [6.07, 6.45) is 2.42. The summed E-state index contributed by atoms with van der Waals surface area (Å²) >= 11 is 0. The quantitative estimate of drug-likeness (QED) is 0.861. The molecule has 2 rings (SSSR count). The van der Waals surface area contributed by atoms with Crippen LogP contribution >= 0.6 is 0 Å². The molecule has 1 aliphatic rings. The first kappa shape index (κ1) is 13.4. The van der Waals surface area contributed by atoms with Gasteiger partial charge in [0.15, 0.2) is 0 Å². The molecule has 2 N–H and O–H groups in total. The summed E-state index contributed by atoms with van der Waals surface area (Å²) in [7, 11) is 0. The summed E-state index contributed by atoms with van der Waals surface area (Å²) in [5.41, 5.74) is 2.09. The Morgan fingerprint density at radius 3 is 2.50 bits per heavy atom. The lowest BCUT2D eigenvalue weighted by atomic mass is 9.90. The fourth-order valence-electron chi connectivity index (χ4n) is 3.00. The smallest absolute Gasteiger partial charge is 0.120 e. The Balaban J connectivity index is 2.38. The van der Waals surface area contributed by atoms with E-state index in [-0.39, 0.29) is 18.6 Å². The monoisotopic (exact) mass is 249 g/mol. The maximum Gasteiger partial charge on any atom is 0.120 e. The molecule has 2 unspecified atom stereocenters. The van der Waals surface area contributed by atoms with E-state index < -0.39 is 0 Å². The number of hydrogen-bond acceptors (Lipinski definition) is 3. The molecule has 0 amide bonds. The summed E-state index contributed by atoms with van der Waals surface area (Å²) in [6, 6.07) is 5.77. The minimum atomic E-state index is 0.124. The molecule has 0 bridgehead atoms. The molecule has 3 heteroatoms. The Kier molecular flexibility index (Phi) is 4.25. The normalized spacial score (nSPS) is 19.9. The molecule has 1 aromatic carbocycles. The number of nitrogens with zero attached hydrogens (tertiary/aromatic N) is 1. The van der Waals surface area contributed by atoms with Gasteiger partial charge in [0.2, 0.25) is 0 Å². The second-order valence-electron chi connectivity index (χ2n) is 5.36. The standard InChI is InChI=1S/C15H23NO2/c1-11-6-5-7-13(18)14(11)15(12(2)10-17)16-8-3-4-9-16/h5-7,12,15,17-18H,3-4,8-10H2,1-2H3. The van der Waals surface area contributed by atoms with Crippen LogP contribution < -0.4 is 0 Å². The van der Waals surface area contributed by atoms with Crippen LogP contribution in [0.3, 0.4) is 0 Å². The van der Waals surface area contributed by atoms with Gasteiger partial charge in [0, 0.05) is 18.2 Å². The van der Waals surface area contributed by atoms with Crippen molar-refractivity contribution in [3.05, 3.63) is 29.3 Å². The molecule has 18 heavy (non-hydrogen) atoms. The molecule has 1 fully saturated rings. The van der Waals surface area contributed by atoms with Gasteiger partial charge >= 0.3 is 0 Å². The zero-order chi connectivity index (χ0) is 13.1. The molecule has 3 nitrogen and oxygen atoms in total. The molecule has 1 aliphatic heterocycles. The zero-order valence-electron chi connectivity index (χ0n) is 11.3. The molecule has 1 aromatic rings. The second-order valence-corrected chi connectivity index (χ2v) is 5.36. The molecule has 0 spiro atoms. The summed E-state index contributed by atoms with van der Waals surface area (Å²) < 4.78 is 0. The van der Waals surface area contributed by atoms with E-state index in [4.69, 9.17) is 0 Å². The van der Waals surface area contributed by atoms with Crippen molar-refractivity contribution in [3.63, 3.8) is 0 Å². The molecule has 100 valence electrons. The van der Waals surface area contributed by atoms with Gasteiger partial charge in [-0.2, -0.15) is 0 Å². The van der Waals surface area contributed by atoms with Gasteiger partial charge in [-0.3, -0.25) is 4.90 Å². The number of aliphatic hydroxyl groups excluding tert-OH is 1. The van der Waals surface area contributed by atoms with E-state index in [0.717, 1.165) is 24.2 Å². The van der Waals surface area contributed by atoms with Crippen LogP contribution in [-0.4, -0.2) is 34.8 Å². The maximum absolute atomic E-state index is 10.2. The molecule has 0 radical (unpaired) electrons. The number of phenols is 1. The highest BCUT2D eigenvalue weighted by atomic mass is 16.3. The van der Waals surface area contributed by atoms with Crippen molar-refractivity contribution in [2.75, 3.05) is 19.7 Å². The Hall–Kier alpha value is -1.06. The van der Waals surface area contributed by atoms with Crippen LogP contribution in [0.4, 0.5) is 0 Å². The molecular formula is C15H23NO2. The lowest BCUT2D eigenvalue weighted by molar-refractivity contribution is 0.123. The fraction of sp³-hybridized carbons (Fsp3) is 0.600. The second kappa shape index (κ2) is 5.72. The van der Waals surface area contributed by atoms with E-state index in [1.165, 1.54) is 12.8 Å². The number of likely N-dealkylation sites (tertiary alicyclic amines) is 1. The topological polar surface area (TPSA) is 43.7 Å². The molecule has 0 saturated carbocycles. The van der Waals surface area contributed by atoms with Crippen molar-refractivity contribution >= 4 is 0 Å². The van der Waals surface area contributed by atoms with Crippen molar-refractivity contribution in [1.29, 1.82) is 0 Å². The SMILES string of the molecule is Cc1cccc(O)c1C(C(C)CO)N1CCCC1. The Morgan fingerprint density at radius 1 is 1.28 bits per heavy atom. The van der Waals surface area contributed by atoms with Gasteiger partial charge < -0.3 is 10.2 Å². The number of aliphatic hydroxyl groups is 1. The molecule has 1 saturated heterocycles. The molecule has 0 aliphatic carbocycles. The average molecular weight is 249 g/mol. The number of phenolic OH excluding ortho intramolecular Hbond substituents is 1.